The average molecular weight is 572 g/mol. The number of alkyl carbamates (subject to hydrolysis) is 1. The van der Waals surface area contributed by atoms with Crippen LogP contribution in [0, 0.1) is 11.3 Å². The number of carbonyl (C=O) groups is 2. The topological polar surface area (TPSA) is 139 Å². The molecule has 10 nitrogen and oxygen atoms in total. The molecule has 1 aromatic carbocycles. The highest BCUT2D eigenvalue weighted by Gasteiger charge is 2.45. The summed E-state index contributed by atoms with van der Waals surface area (Å²) >= 11 is 0. The van der Waals surface area contributed by atoms with Crippen molar-refractivity contribution in [2.24, 2.45) is 0 Å². The van der Waals surface area contributed by atoms with Gasteiger partial charge >= 0.3 is 13.2 Å². The van der Waals surface area contributed by atoms with Gasteiger partial charge in [-0.1, -0.05) is 18.2 Å². The Balaban J connectivity index is 1.40. The molecule has 1 aromatic heterocycles. The van der Waals surface area contributed by atoms with Gasteiger partial charge < -0.3 is 29.4 Å². The smallest absolute Gasteiger partial charge is 0.464 e. The zero-order chi connectivity index (χ0) is 30.0. The molecule has 0 spiro atoms. The molecule has 0 unspecified atom stereocenters. The van der Waals surface area contributed by atoms with Gasteiger partial charge in [0.05, 0.1) is 24.3 Å². The number of amides is 2. The number of nitrogens with zero attached hydrogens (tertiary/aromatic N) is 3. The van der Waals surface area contributed by atoms with E-state index in [1.54, 1.807) is 31.7 Å². The summed E-state index contributed by atoms with van der Waals surface area (Å²) in [5.74, 6) is -4.47. The number of rotatable bonds is 9. The second-order valence-electron chi connectivity index (χ2n) is 11.6. The standard InChI is InChI=1S/C28H35BF2N4O6/c1-26(2,34-12-10-28(30,31)17-34)14-20(15-32)24(36)35-11-6-9-27(35,3)18-41-25(37)33-23(29(38)39)13-19-16-40-22-8-5-4-7-21(19)22/h4-5,7-8,14,16,23,38-39H,6,9-13,17-18H2,1-3H3,(H,33,37)/b20-14+/t23-,27+/m0/s1. The predicted molar refractivity (Wildman–Crippen MR) is 147 cm³/mol. The molecule has 2 aromatic rings. The quantitative estimate of drug-likeness (QED) is 0.237. The predicted octanol–water partition coefficient (Wildman–Crippen LogP) is 3.03. The number of fused-ring (bicyclic) bond motifs is 1. The number of hydrogen-bond acceptors (Lipinski definition) is 8. The van der Waals surface area contributed by atoms with Gasteiger partial charge in [-0.05, 0) is 57.7 Å². The molecule has 3 heterocycles. The van der Waals surface area contributed by atoms with Gasteiger partial charge in [-0.3, -0.25) is 9.69 Å². The molecule has 2 fully saturated rings. The third kappa shape index (κ3) is 6.89. The van der Waals surface area contributed by atoms with E-state index in [-0.39, 0.29) is 31.6 Å². The Morgan fingerprint density at radius 2 is 2.02 bits per heavy atom. The van der Waals surface area contributed by atoms with Crippen LogP contribution in [0.4, 0.5) is 13.6 Å². The highest BCUT2D eigenvalue weighted by molar-refractivity contribution is 6.43. The van der Waals surface area contributed by atoms with Crippen LogP contribution >= 0.6 is 0 Å². The van der Waals surface area contributed by atoms with Crippen LogP contribution in [0.1, 0.15) is 45.6 Å². The molecule has 2 aliphatic rings. The number of para-hydroxylation sites is 1. The first kappa shape index (κ1) is 30.5. The van der Waals surface area contributed by atoms with Crippen molar-refractivity contribution >= 4 is 30.1 Å². The Morgan fingerprint density at radius 1 is 1.29 bits per heavy atom. The second-order valence-corrected chi connectivity index (χ2v) is 11.6. The lowest BCUT2D eigenvalue weighted by atomic mass is 9.76. The summed E-state index contributed by atoms with van der Waals surface area (Å²) < 4.78 is 38.5. The van der Waals surface area contributed by atoms with Gasteiger partial charge in [-0.15, -0.1) is 0 Å². The van der Waals surface area contributed by atoms with Crippen molar-refractivity contribution in [1.82, 2.24) is 15.1 Å². The van der Waals surface area contributed by atoms with E-state index in [9.17, 15) is 33.7 Å². The molecular weight excluding hydrogens is 537 g/mol. The minimum atomic E-state index is -2.81. The third-order valence-electron chi connectivity index (χ3n) is 8.01. The highest BCUT2D eigenvalue weighted by Crippen LogP contribution is 2.34. The summed E-state index contributed by atoms with van der Waals surface area (Å²) in [6, 6.07) is 9.16. The van der Waals surface area contributed by atoms with Crippen molar-refractivity contribution in [1.29, 1.82) is 5.26 Å². The number of nitrogens with one attached hydrogen (secondary N) is 1. The molecule has 2 atom stereocenters. The molecule has 13 heteroatoms. The SMILES string of the molecule is CC(C)(/C=C(\C#N)C(=O)N1CCC[C@]1(C)COC(=O)N[C@@H](Cc1coc2ccccc12)B(O)O)N1CCC(F)(F)C1. The van der Waals surface area contributed by atoms with E-state index in [0.717, 1.165) is 5.39 Å². The zero-order valence-electron chi connectivity index (χ0n) is 23.4. The molecule has 0 radical (unpaired) electrons. The number of hydrogen-bond donors (Lipinski definition) is 3. The fraction of sp³-hybridized carbons (Fsp3) is 0.536. The van der Waals surface area contributed by atoms with Gasteiger partial charge in [0.1, 0.15) is 23.8 Å². The van der Waals surface area contributed by atoms with Crippen LogP contribution in [-0.2, 0) is 16.0 Å². The van der Waals surface area contributed by atoms with Crippen LogP contribution in [0.5, 0.6) is 0 Å². The number of alkyl halides is 2. The molecule has 0 bridgehead atoms. The van der Waals surface area contributed by atoms with E-state index in [0.29, 0.717) is 30.5 Å². The Morgan fingerprint density at radius 3 is 2.68 bits per heavy atom. The number of carbonyl (C=O) groups excluding carboxylic acids is 2. The van der Waals surface area contributed by atoms with Crippen LogP contribution in [-0.4, -0.2) is 88.1 Å². The molecule has 0 saturated carbocycles. The number of furan rings is 1. The van der Waals surface area contributed by atoms with E-state index >= 15 is 0 Å². The van der Waals surface area contributed by atoms with Crippen molar-refractivity contribution < 1.29 is 37.6 Å². The first-order valence-corrected chi connectivity index (χ1v) is 13.6. The summed E-state index contributed by atoms with van der Waals surface area (Å²) in [5.41, 5.74) is -0.743. The van der Waals surface area contributed by atoms with Gasteiger partial charge in [-0.25, -0.2) is 13.6 Å². The van der Waals surface area contributed by atoms with E-state index in [1.807, 2.05) is 24.3 Å². The first-order valence-electron chi connectivity index (χ1n) is 13.6. The Kier molecular flexibility index (Phi) is 8.77. The van der Waals surface area contributed by atoms with E-state index in [2.05, 4.69) is 5.32 Å². The molecule has 220 valence electrons. The maximum atomic E-state index is 13.8. The van der Waals surface area contributed by atoms with Crippen molar-refractivity contribution in [3.05, 3.63) is 47.7 Å². The minimum Gasteiger partial charge on any atom is -0.464 e. The number of ether oxygens (including phenoxy) is 1. The largest absolute Gasteiger partial charge is 0.475 e. The van der Waals surface area contributed by atoms with E-state index < -0.39 is 48.6 Å². The molecular formula is C28H35BF2N4O6. The van der Waals surface area contributed by atoms with Gasteiger partial charge in [0.15, 0.2) is 0 Å². The number of halogens is 2. The molecule has 3 N–H and O–H groups in total. The van der Waals surface area contributed by atoms with Gasteiger partial charge in [0.25, 0.3) is 11.8 Å². The Bertz CT molecular complexity index is 1360. The maximum absolute atomic E-state index is 13.8. The van der Waals surface area contributed by atoms with Crippen molar-refractivity contribution in [3.8, 4) is 6.07 Å². The van der Waals surface area contributed by atoms with Crippen LogP contribution < -0.4 is 5.32 Å². The first-order chi connectivity index (χ1) is 19.2. The lowest BCUT2D eigenvalue weighted by Crippen LogP contribution is -2.52. The van der Waals surface area contributed by atoms with Gasteiger partial charge in [-0.2, -0.15) is 5.26 Å². The zero-order valence-corrected chi connectivity index (χ0v) is 23.4. The van der Waals surface area contributed by atoms with E-state index in [4.69, 9.17) is 9.15 Å². The fourth-order valence-electron chi connectivity index (χ4n) is 5.55. The molecule has 2 saturated heterocycles. The van der Waals surface area contributed by atoms with Crippen molar-refractivity contribution in [3.63, 3.8) is 0 Å². The summed E-state index contributed by atoms with van der Waals surface area (Å²) in [6.45, 7) is 4.94. The molecule has 41 heavy (non-hydrogen) atoms. The normalized spacial score (nSPS) is 22.0. The van der Waals surface area contributed by atoms with Crippen LogP contribution in [0.2, 0.25) is 0 Å². The molecule has 4 rings (SSSR count). The minimum absolute atomic E-state index is 0.0702. The maximum Gasteiger partial charge on any atom is 0.475 e. The van der Waals surface area contributed by atoms with E-state index in [1.165, 1.54) is 17.2 Å². The summed E-state index contributed by atoms with van der Waals surface area (Å²) in [6.07, 6.45) is 2.92. The third-order valence-corrected chi connectivity index (χ3v) is 8.01. The molecule has 2 aliphatic heterocycles. The van der Waals surface area contributed by atoms with Crippen LogP contribution in [0.15, 0.2) is 46.6 Å². The van der Waals surface area contributed by atoms with Gasteiger partial charge in [0.2, 0.25) is 0 Å². The second kappa shape index (κ2) is 11.8. The average Bonchev–Trinajstić information content (AvgIpc) is 3.62. The lowest BCUT2D eigenvalue weighted by molar-refractivity contribution is -0.131. The monoisotopic (exact) mass is 572 g/mol. The van der Waals surface area contributed by atoms with Crippen molar-refractivity contribution in [2.75, 3.05) is 26.2 Å². The highest BCUT2D eigenvalue weighted by atomic mass is 19.3. The Labute approximate surface area is 237 Å². The summed E-state index contributed by atoms with van der Waals surface area (Å²) in [4.78, 5) is 29.2. The number of nitriles is 1. The summed E-state index contributed by atoms with van der Waals surface area (Å²) in [7, 11) is -1.88. The van der Waals surface area contributed by atoms with Crippen LogP contribution in [0.3, 0.4) is 0 Å². The lowest BCUT2D eigenvalue weighted by Gasteiger charge is -2.36. The number of benzene rings is 1. The summed E-state index contributed by atoms with van der Waals surface area (Å²) in [5, 5.41) is 32.8. The van der Waals surface area contributed by atoms with Gasteiger partial charge in [0, 0.05) is 30.4 Å². The number of likely N-dealkylation sites (tertiary alicyclic amines) is 2. The van der Waals surface area contributed by atoms with Crippen molar-refractivity contribution in [2.45, 2.75) is 69.4 Å². The Hall–Kier alpha value is -3.47. The van der Waals surface area contributed by atoms with Crippen LogP contribution in [0.25, 0.3) is 11.0 Å². The fourth-order valence-corrected chi connectivity index (χ4v) is 5.55. The molecule has 2 amide bonds. The molecule has 0 aliphatic carbocycles.